The Morgan fingerprint density at radius 2 is 1.55 bits per heavy atom. The Balaban J connectivity index is 1.62. The van der Waals surface area contributed by atoms with E-state index in [2.05, 4.69) is 49.7 Å². The van der Waals surface area contributed by atoms with Crippen LogP contribution in [0.1, 0.15) is 60.3 Å². The van der Waals surface area contributed by atoms with Crippen LogP contribution in [0, 0.1) is 11.6 Å². The molecule has 0 heterocycles. The maximum Gasteiger partial charge on any atom is 0.251 e. The van der Waals surface area contributed by atoms with Gasteiger partial charge >= 0.3 is 0 Å². The van der Waals surface area contributed by atoms with E-state index in [1.54, 1.807) is 12.1 Å². The van der Waals surface area contributed by atoms with Crippen LogP contribution in [0.25, 0.3) is 0 Å². The predicted octanol–water partition coefficient (Wildman–Crippen LogP) is 4.43. The quantitative estimate of drug-likeness (QED) is 0.268. The number of halogens is 2. The van der Waals surface area contributed by atoms with Gasteiger partial charge in [0.15, 0.2) is 0 Å². The van der Waals surface area contributed by atoms with Gasteiger partial charge in [0.05, 0.1) is 18.7 Å². The number of aliphatic hydroxyl groups is 1. The molecule has 3 rings (SSSR count). The minimum Gasteiger partial charge on any atom is -0.390 e. The smallest absolute Gasteiger partial charge is 0.251 e. The third-order valence-corrected chi connectivity index (χ3v) is 6.69. The highest BCUT2D eigenvalue weighted by atomic mass is 19.1. The summed E-state index contributed by atoms with van der Waals surface area (Å²) < 4.78 is 27.6. The molecule has 3 aromatic carbocycles. The summed E-state index contributed by atoms with van der Waals surface area (Å²) in [7, 11) is 0. The number of carbonyl (C=O) groups excluding carboxylic acids is 2. The van der Waals surface area contributed by atoms with Crippen LogP contribution in [0.5, 0.6) is 0 Å². The molecule has 0 unspecified atom stereocenters. The van der Waals surface area contributed by atoms with Gasteiger partial charge in [0.1, 0.15) is 11.6 Å². The zero-order chi connectivity index (χ0) is 29.3. The Morgan fingerprint density at radius 1 is 0.900 bits per heavy atom. The second-order valence-electron chi connectivity index (χ2n) is 11.0. The van der Waals surface area contributed by atoms with Gasteiger partial charge in [-0.1, -0.05) is 64.1 Å². The van der Waals surface area contributed by atoms with Crippen molar-refractivity contribution < 1.29 is 23.5 Å². The standard InChI is InChI=1S/C32H39F2N3O3/c1-5-21-7-6-8-22(13-21)18-35-19-29(38)28(16-23-14-26(33)17-27(34)15-23)37-30(39)20-36-31(40)24-9-11-25(12-10-24)32(2,3)4/h6-15,17,28-29,35,38H,5,16,18-20H2,1-4H3,(H,36,40)(H,37,39)/t28-,29+/m0/s1. The lowest BCUT2D eigenvalue weighted by molar-refractivity contribution is -0.121. The topological polar surface area (TPSA) is 90.5 Å². The lowest BCUT2D eigenvalue weighted by Crippen LogP contribution is -2.51. The van der Waals surface area contributed by atoms with Crippen LogP contribution in [0.4, 0.5) is 8.78 Å². The Morgan fingerprint density at radius 3 is 2.17 bits per heavy atom. The zero-order valence-corrected chi connectivity index (χ0v) is 23.6. The third-order valence-electron chi connectivity index (χ3n) is 6.69. The van der Waals surface area contributed by atoms with Crippen LogP contribution in [0.2, 0.25) is 0 Å². The first kappa shape index (κ1) is 30.9. The molecule has 0 fully saturated rings. The number of aliphatic hydroxyl groups excluding tert-OH is 1. The Labute approximate surface area is 235 Å². The summed E-state index contributed by atoms with van der Waals surface area (Å²) in [5, 5.41) is 19.4. The van der Waals surface area contributed by atoms with Crippen molar-refractivity contribution in [2.24, 2.45) is 0 Å². The van der Waals surface area contributed by atoms with Crippen molar-refractivity contribution in [1.82, 2.24) is 16.0 Å². The third kappa shape index (κ3) is 9.54. The van der Waals surface area contributed by atoms with E-state index in [1.807, 2.05) is 30.3 Å². The van der Waals surface area contributed by atoms with E-state index >= 15 is 0 Å². The van der Waals surface area contributed by atoms with Gasteiger partial charge in [-0.15, -0.1) is 0 Å². The molecule has 6 nitrogen and oxygen atoms in total. The SMILES string of the molecule is CCc1cccc(CNC[C@@H](O)[C@H](Cc2cc(F)cc(F)c2)NC(=O)CNC(=O)c2ccc(C(C)(C)C)cc2)c1. The summed E-state index contributed by atoms with van der Waals surface area (Å²) in [6.07, 6.45) is -0.157. The second kappa shape index (κ2) is 14.1. The van der Waals surface area contributed by atoms with E-state index in [0.717, 1.165) is 23.6 Å². The van der Waals surface area contributed by atoms with Gasteiger partial charge in [-0.3, -0.25) is 9.59 Å². The van der Waals surface area contributed by atoms with Gasteiger partial charge in [-0.2, -0.15) is 0 Å². The van der Waals surface area contributed by atoms with Crippen LogP contribution in [-0.4, -0.2) is 42.2 Å². The van der Waals surface area contributed by atoms with Gasteiger partial charge in [0, 0.05) is 24.7 Å². The monoisotopic (exact) mass is 551 g/mol. The molecule has 0 bridgehead atoms. The van der Waals surface area contributed by atoms with E-state index in [4.69, 9.17) is 0 Å². The van der Waals surface area contributed by atoms with Gasteiger partial charge in [0.25, 0.3) is 5.91 Å². The van der Waals surface area contributed by atoms with Crippen molar-refractivity contribution in [1.29, 1.82) is 0 Å². The molecular weight excluding hydrogens is 512 g/mol. The van der Waals surface area contributed by atoms with Crippen LogP contribution in [0.15, 0.2) is 66.7 Å². The molecule has 0 saturated carbocycles. The number of hydrogen-bond donors (Lipinski definition) is 4. The van der Waals surface area contributed by atoms with Gasteiger partial charge in [0.2, 0.25) is 5.91 Å². The van der Waals surface area contributed by atoms with Crippen molar-refractivity contribution in [3.8, 4) is 0 Å². The zero-order valence-electron chi connectivity index (χ0n) is 23.6. The molecule has 3 aromatic rings. The van der Waals surface area contributed by atoms with E-state index in [9.17, 15) is 23.5 Å². The molecule has 0 spiro atoms. The largest absolute Gasteiger partial charge is 0.390 e. The minimum absolute atomic E-state index is 0.00318. The molecule has 2 amide bonds. The molecule has 8 heteroatoms. The van der Waals surface area contributed by atoms with Crippen molar-refractivity contribution >= 4 is 11.8 Å². The fraction of sp³-hybridized carbons (Fsp3) is 0.375. The highest BCUT2D eigenvalue weighted by Crippen LogP contribution is 2.22. The summed E-state index contributed by atoms with van der Waals surface area (Å²) >= 11 is 0. The van der Waals surface area contributed by atoms with Gasteiger partial charge < -0.3 is 21.1 Å². The minimum atomic E-state index is -1.06. The van der Waals surface area contributed by atoms with Crippen LogP contribution in [0.3, 0.4) is 0 Å². The molecule has 0 aliphatic heterocycles. The van der Waals surface area contributed by atoms with E-state index in [-0.39, 0.29) is 24.9 Å². The van der Waals surface area contributed by atoms with Crippen molar-refractivity contribution in [2.45, 2.75) is 64.6 Å². The average molecular weight is 552 g/mol. The fourth-order valence-electron chi connectivity index (χ4n) is 4.37. The Kier molecular flexibility index (Phi) is 10.9. The molecule has 0 saturated heterocycles. The summed E-state index contributed by atoms with van der Waals surface area (Å²) in [6.45, 7) is 8.62. The molecule has 0 aliphatic rings. The summed E-state index contributed by atoms with van der Waals surface area (Å²) in [4.78, 5) is 25.3. The normalized spacial score (nSPS) is 13.0. The molecule has 0 aliphatic carbocycles. The predicted molar refractivity (Wildman–Crippen MR) is 153 cm³/mol. The number of hydrogen-bond acceptors (Lipinski definition) is 4. The first-order valence-electron chi connectivity index (χ1n) is 13.5. The number of amides is 2. The molecular formula is C32H39F2N3O3. The van der Waals surface area contributed by atoms with Gasteiger partial charge in [-0.05, 0) is 64.8 Å². The molecule has 214 valence electrons. The number of aryl methyl sites for hydroxylation is 1. The first-order valence-corrected chi connectivity index (χ1v) is 13.5. The summed E-state index contributed by atoms with van der Waals surface area (Å²) in [6, 6.07) is 17.5. The average Bonchev–Trinajstić information content (AvgIpc) is 2.90. The Hall–Kier alpha value is -3.62. The van der Waals surface area contributed by atoms with Crippen molar-refractivity contribution in [2.75, 3.05) is 13.1 Å². The number of benzene rings is 3. The second-order valence-corrected chi connectivity index (χ2v) is 11.0. The lowest BCUT2D eigenvalue weighted by Gasteiger charge is -2.25. The Bertz CT molecular complexity index is 1270. The van der Waals surface area contributed by atoms with E-state index in [1.165, 1.54) is 17.7 Å². The van der Waals surface area contributed by atoms with E-state index in [0.29, 0.717) is 17.7 Å². The molecule has 0 aromatic heterocycles. The molecule has 4 N–H and O–H groups in total. The number of rotatable bonds is 12. The molecule has 40 heavy (non-hydrogen) atoms. The molecule has 2 atom stereocenters. The first-order chi connectivity index (χ1) is 18.9. The highest BCUT2D eigenvalue weighted by molar-refractivity contribution is 5.96. The van der Waals surface area contributed by atoms with Crippen LogP contribution >= 0.6 is 0 Å². The van der Waals surface area contributed by atoms with Gasteiger partial charge in [-0.25, -0.2) is 8.78 Å². The maximum atomic E-state index is 13.8. The van der Waals surface area contributed by atoms with E-state index < -0.39 is 35.6 Å². The molecule has 0 radical (unpaired) electrons. The van der Waals surface area contributed by atoms with Crippen LogP contribution < -0.4 is 16.0 Å². The van der Waals surface area contributed by atoms with Crippen molar-refractivity contribution in [3.63, 3.8) is 0 Å². The summed E-state index contributed by atoms with van der Waals surface area (Å²) in [5.41, 5.74) is 4.00. The lowest BCUT2D eigenvalue weighted by atomic mass is 9.87. The number of nitrogens with one attached hydrogen (secondary N) is 3. The highest BCUT2D eigenvalue weighted by Gasteiger charge is 2.23. The maximum absolute atomic E-state index is 13.8. The summed E-state index contributed by atoms with van der Waals surface area (Å²) in [5.74, 6) is -2.42. The number of carbonyl (C=O) groups is 2. The van der Waals surface area contributed by atoms with Crippen LogP contribution in [-0.2, 0) is 29.6 Å². The van der Waals surface area contributed by atoms with Crippen molar-refractivity contribution in [3.05, 3.63) is 106 Å². The fourth-order valence-corrected chi connectivity index (χ4v) is 4.37.